The van der Waals surface area contributed by atoms with Crippen molar-refractivity contribution in [2.75, 3.05) is 24.7 Å². The van der Waals surface area contributed by atoms with E-state index < -0.39 is 53.3 Å². The second-order valence-electron chi connectivity index (χ2n) is 9.32. The van der Waals surface area contributed by atoms with Gasteiger partial charge in [0.2, 0.25) is 5.91 Å². The van der Waals surface area contributed by atoms with Crippen LogP contribution in [0.15, 0.2) is 48.5 Å². The third-order valence-electron chi connectivity index (χ3n) is 5.30. The fraction of sp³-hybridized carbons (Fsp3) is 0.385. The Kier molecular flexibility index (Phi) is 9.14. The fourth-order valence-electron chi connectivity index (χ4n) is 3.70. The summed E-state index contributed by atoms with van der Waals surface area (Å²) in [5.74, 6) is -1.86. The third-order valence-corrected chi connectivity index (χ3v) is 6.60. The molecule has 1 aliphatic heterocycles. The zero-order chi connectivity index (χ0) is 27.2. The van der Waals surface area contributed by atoms with E-state index in [1.807, 2.05) is 0 Å². The van der Waals surface area contributed by atoms with Crippen LogP contribution in [0.2, 0.25) is 0 Å². The van der Waals surface area contributed by atoms with Crippen molar-refractivity contribution in [3.8, 4) is 0 Å². The lowest BCUT2D eigenvalue weighted by molar-refractivity contribution is -0.163. The summed E-state index contributed by atoms with van der Waals surface area (Å²) in [4.78, 5) is 51.4. The summed E-state index contributed by atoms with van der Waals surface area (Å²) in [5, 5.41) is 4.33. The van der Waals surface area contributed by atoms with Gasteiger partial charge in [-0.15, -0.1) is 11.8 Å². The molecule has 0 unspecified atom stereocenters. The predicted octanol–water partition coefficient (Wildman–Crippen LogP) is 3.65. The summed E-state index contributed by atoms with van der Waals surface area (Å²) in [6, 6.07) is 11.1. The van der Waals surface area contributed by atoms with Crippen LogP contribution in [0.1, 0.15) is 37.3 Å². The highest BCUT2D eigenvalue weighted by molar-refractivity contribution is 7.99. The summed E-state index contributed by atoms with van der Waals surface area (Å²) in [6.45, 7) is 4.73. The molecule has 198 valence electrons. The molecular weight excluding hydrogens is 501 g/mol. The molecule has 11 heteroatoms. The van der Waals surface area contributed by atoms with Gasteiger partial charge in [0.25, 0.3) is 0 Å². The molecule has 1 fully saturated rings. The van der Waals surface area contributed by atoms with E-state index in [4.69, 9.17) is 4.74 Å². The first kappa shape index (κ1) is 28.0. The number of halogens is 1. The van der Waals surface area contributed by atoms with Gasteiger partial charge in [-0.05, 0) is 44.5 Å². The van der Waals surface area contributed by atoms with E-state index in [0.717, 1.165) is 0 Å². The molecule has 0 radical (unpaired) electrons. The first-order valence-corrected chi connectivity index (χ1v) is 12.6. The average Bonchev–Trinajstić information content (AvgIpc) is 3.27. The highest BCUT2D eigenvalue weighted by atomic mass is 32.2. The van der Waals surface area contributed by atoms with E-state index in [-0.39, 0.29) is 17.7 Å². The number of carbonyl (C=O) groups excluding carboxylic acids is 4. The number of hydrogen-bond acceptors (Lipinski definition) is 7. The summed E-state index contributed by atoms with van der Waals surface area (Å²) in [7, 11) is 1.29. The van der Waals surface area contributed by atoms with E-state index in [1.165, 1.54) is 29.8 Å². The quantitative estimate of drug-likeness (QED) is 0.525. The van der Waals surface area contributed by atoms with Gasteiger partial charge in [-0.25, -0.2) is 14.0 Å². The number of amides is 3. The molecule has 3 rings (SSSR count). The highest BCUT2D eigenvalue weighted by Crippen LogP contribution is 2.42. The second-order valence-corrected chi connectivity index (χ2v) is 10.4. The number of urea groups is 1. The number of hydrogen-bond donors (Lipinski definition) is 2. The number of rotatable bonds is 7. The van der Waals surface area contributed by atoms with E-state index in [1.54, 1.807) is 63.2 Å². The summed E-state index contributed by atoms with van der Waals surface area (Å²) >= 11 is 1.25. The average molecular weight is 532 g/mol. The minimum Gasteiger partial charge on any atom is -0.469 e. The van der Waals surface area contributed by atoms with Gasteiger partial charge in [-0.2, -0.15) is 0 Å². The molecule has 0 saturated carbocycles. The molecular formula is C26H30FN3O6S. The Hall–Kier alpha value is -3.60. The van der Waals surface area contributed by atoms with Gasteiger partial charge in [-0.3, -0.25) is 9.59 Å². The zero-order valence-corrected chi connectivity index (χ0v) is 21.9. The molecule has 0 bridgehead atoms. The molecule has 1 heterocycles. The maximum atomic E-state index is 14.6. The normalized spacial score (nSPS) is 17.2. The Bertz CT molecular complexity index is 1170. The standard InChI is InChI=1S/C26H30FN3O6S/c1-26(2,3)36-24(33)20-15-37-23(18-10-5-6-11-19(18)27)30(20)21(31)14-28-25(34)29-17-9-7-8-16(12-17)13-22(32)35-4/h5-12,20,23H,13-15H2,1-4H3,(H2,28,29,34)/t20-,23+/m0/s1. The minimum atomic E-state index is -0.943. The lowest BCUT2D eigenvalue weighted by atomic mass is 10.1. The number of anilines is 1. The van der Waals surface area contributed by atoms with Crippen molar-refractivity contribution < 1.29 is 33.0 Å². The van der Waals surface area contributed by atoms with Crippen LogP contribution in [0.5, 0.6) is 0 Å². The molecule has 37 heavy (non-hydrogen) atoms. The second kappa shape index (κ2) is 12.1. The summed E-state index contributed by atoms with van der Waals surface area (Å²) < 4.78 is 24.7. The van der Waals surface area contributed by atoms with Crippen molar-refractivity contribution in [2.24, 2.45) is 0 Å². The monoisotopic (exact) mass is 531 g/mol. The Labute approximate surface area is 219 Å². The van der Waals surface area contributed by atoms with Gasteiger partial charge in [0.15, 0.2) is 0 Å². The first-order valence-electron chi connectivity index (χ1n) is 11.6. The fourth-order valence-corrected chi connectivity index (χ4v) is 5.15. The lowest BCUT2D eigenvalue weighted by Crippen LogP contribution is -2.49. The van der Waals surface area contributed by atoms with Gasteiger partial charge >= 0.3 is 18.0 Å². The maximum absolute atomic E-state index is 14.6. The number of ether oxygens (including phenoxy) is 2. The van der Waals surface area contributed by atoms with Crippen molar-refractivity contribution in [3.63, 3.8) is 0 Å². The van der Waals surface area contributed by atoms with Crippen LogP contribution >= 0.6 is 11.8 Å². The molecule has 0 spiro atoms. The van der Waals surface area contributed by atoms with Crippen molar-refractivity contribution >= 4 is 41.3 Å². The summed E-state index contributed by atoms with van der Waals surface area (Å²) in [5.41, 5.74) is 0.549. The van der Waals surface area contributed by atoms with E-state index in [2.05, 4.69) is 15.4 Å². The number of carbonyl (C=O) groups is 4. The SMILES string of the molecule is COC(=O)Cc1cccc(NC(=O)NCC(=O)N2[C@@H](c3ccccc3F)SC[C@H]2C(=O)OC(C)(C)C)c1. The van der Waals surface area contributed by atoms with Gasteiger partial charge in [0, 0.05) is 17.0 Å². The predicted molar refractivity (Wildman–Crippen MR) is 137 cm³/mol. The molecule has 0 aliphatic carbocycles. The van der Waals surface area contributed by atoms with Crippen molar-refractivity contribution in [1.29, 1.82) is 0 Å². The van der Waals surface area contributed by atoms with Crippen molar-refractivity contribution in [3.05, 3.63) is 65.5 Å². The Balaban J connectivity index is 1.71. The Morgan fingerprint density at radius 2 is 1.84 bits per heavy atom. The van der Waals surface area contributed by atoms with E-state index >= 15 is 0 Å². The number of thioether (sulfide) groups is 1. The molecule has 0 aromatic heterocycles. The van der Waals surface area contributed by atoms with E-state index in [9.17, 15) is 23.6 Å². The van der Waals surface area contributed by atoms with Crippen LogP contribution < -0.4 is 10.6 Å². The molecule has 3 amide bonds. The molecule has 2 atom stereocenters. The minimum absolute atomic E-state index is 0.0439. The molecule has 9 nitrogen and oxygen atoms in total. The van der Waals surface area contributed by atoms with Crippen LogP contribution in [-0.4, -0.2) is 59.8 Å². The number of methoxy groups -OCH3 is 1. The lowest BCUT2D eigenvalue weighted by Gasteiger charge is -2.30. The van der Waals surface area contributed by atoms with Crippen molar-refractivity contribution in [1.82, 2.24) is 10.2 Å². The number of benzene rings is 2. The molecule has 2 aromatic carbocycles. The Morgan fingerprint density at radius 1 is 1.11 bits per heavy atom. The maximum Gasteiger partial charge on any atom is 0.330 e. The van der Waals surface area contributed by atoms with Crippen LogP contribution in [0, 0.1) is 5.82 Å². The Morgan fingerprint density at radius 3 is 2.51 bits per heavy atom. The first-order chi connectivity index (χ1) is 17.5. The molecule has 2 N–H and O–H groups in total. The van der Waals surface area contributed by atoms with Crippen LogP contribution in [0.4, 0.5) is 14.9 Å². The van der Waals surface area contributed by atoms with Crippen LogP contribution in [0.25, 0.3) is 0 Å². The molecule has 1 saturated heterocycles. The van der Waals surface area contributed by atoms with Gasteiger partial charge < -0.3 is 25.0 Å². The molecule has 1 aliphatic rings. The highest BCUT2D eigenvalue weighted by Gasteiger charge is 2.44. The topological polar surface area (TPSA) is 114 Å². The number of nitrogens with zero attached hydrogens (tertiary/aromatic N) is 1. The number of nitrogens with one attached hydrogen (secondary N) is 2. The van der Waals surface area contributed by atoms with Gasteiger partial charge in [0.1, 0.15) is 22.8 Å². The van der Waals surface area contributed by atoms with Crippen LogP contribution in [0.3, 0.4) is 0 Å². The van der Waals surface area contributed by atoms with Crippen LogP contribution in [-0.2, 0) is 30.3 Å². The zero-order valence-electron chi connectivity index (χ0n) is 21.1. The summed E-state index contributed by atoms with van der Waals surface area (Å²) in [6.07, 6.45) is 0.0439. The van der Waals surface area contributed by atoms with Crippen molar-refractivity contribution in [2.45, 2.75) is 44.2 Å². The van der Waals surface area contributed by atoms with Gasteiger partial charge in [0.05, 0.1) is 20.1 Å². The third kappa shape index (κ3) is 7.69. The smallest absolute Gasteiger partial charge is 0.330 e. The number of esters is 2. The largest absolute Gasteiger partial charge is 0.469 e. The molecule has 2 aromatic rings. The van der Waals surface area contributed by atoms with E-state index in [0.29, 0.717) is 11.3 Å². The van der Waals surface area contributed by atoms with Gasteiger partial charge in [-0.1, -0.05) is 30.3 Å².